The van der Waals surface area contributed by atoms with Crippen LogP contribution < -0.4 is 5.32 Å². The van der Waals surface area contributed by atoms with E-state index in [0.29, 0.717) is 12.3 Å². The molecule has 1 aromatic heterocycles. The lowest BCUT2D eigenvalue weighted by Gasteiger charge is -1.99. The predicted octanol–water partition coefficient (Wildman–Crippen LogP) is 2.67. The van der Waals surface area contributed by atoms with Crippen molar-refractivity contribution in [3.8, 4) is 0 Å². The van der Waals surface area contributed by atoms with Gasteiger partial charge in [-0.1, -0.05) is 12.1 Å². The van der Waals surface area contributed by atoms with E-state index < -0.39 is 0 Å². The third-order valence-corrected chi connectivity index (χ3v) is 4.33. The maximum absolute atomic E-state index is 11.3. The maximum atomic E-state index is 11.3. The minimum Gasteiger partial charge on any atom is -0.356 e. The summed E-state index contributed by atoms with van der Waals surface area (Å²) in [6, 6.07) is 8.11. The summed E-state index contributed by atoms with van der Waals surface area (Å²) in [5.74, 6) is 1.40. The Kier molecular flexibility index (Phi) is 4.39. The van der Waals surface area contributed by atoms with E-state index in [-0.39, 0.29) is 5.91 Å². The van der Waals surface area contributed by atoms with Crippen molar-refractivity contribution < 1.29 is 4.79 Å². The summed E-state index contributed by atoms with van der Waals surface area (Å²) < 4.78 is 1.21. The Hall–Kier alpha value is -1.07. The number of rotatable bonds is 5. The molecular weight excluding hydrogens is 252 g/mol. The van der Waals surface area contributed by atoms with Gasteiger partial charge in [0, 0.05) is 12.3 Å². The predicted molar refractivity (Wildman–Crippen MR) is 74.5 cm³/mol. The second-order valence-corrected chi connectivity index (χ2v) is 5.62. The molecule has 0 bridgehead atoms. The minimum absolute atomic E-state index is 0.0959. The second-order valence-electron chi connectivity index (χ2n) is 3.52. The van der Waals surface area contributed by atoms with Crippen molar-refractivity contribution in [3.05, 3.63) is 29.3 Å². The molecule has 0 aliphatic rings. The first-order chi connectivity index (χ1) is 8.29. The summed E-state index contributed by atoms with van der Waals surface area (Å²) in [5, 5.41) is 3.87. The molecule has 17 heavy (non-hydrogen) atoms. The van der Waals surface area contributed by atoms with Crippen LogP contribution in [0, 0.1) is 0 Å². The van der Waals surface area contributed by atoms with Crippen LogP contribution in [-0.4, -0.2) is 23.2 Å². The number of thiazole rings is 1. The van der Waals surface area contributed by atoms with Gasteiger partial charge in [-0.05, 0) is 19.1 Å². The van der Waals surface area contributed by atoms with Crippen molar-refractivity contribution in [2.24, 2.45) is 0 Å². The number of carbonyl (C=O) groups excluding carboxylic acids is 1. The number of benzene rings is 1. The van der Waals surface area contributed by atoms with E-state index in [4.69, 9.17) is 0 Å². The monoisotopic (exact) mass is 266 g/mol. The van der Waals surface area contributed by atoms with Gasteiger partial charge in [0.1, 0.15) is 5.01 Å². The van der Waals surface area contributed by atoms with E-state index in [1.165, 1.54) is 4.70 Å². The highest BCUT2D eigenvalue weighted by molar-refractivity contribution is 7.99. The highest BCUT2D eigenvalue weighted by Gasteiger charge is 2.04. The molecule has 0 aliphatic heterocycles. The van der Waals surface area contributed by atoms with Crippen LogP contribution in [0.25, 0.3) is 10.2 Å². The molecule has 1 heterocycles. The average Bonchev–Trinajstić information content (AvgIpc) is 2.71. The number of hydrogen-bond donors (Lipinski definition) is 1. The van der Waals surface area contributed by atoms with Gasteiger partial charge < -0.3 is 5.32 Å². The lowest BCUT2D eigenvalue weighted by Crippen LogP contribution is -2.24. The summed E-state index contributed by atoms with van der Waals surface area (Å²) in [6.07, 6.45) is 0. The van der Waals surface area contributed by atoms with Crippen LogP contribution in [0.3, 0.4) is 0 Å². The number of nitrogens with one attached hydrogen (secondary N) is 1. The zero-order chi connectivity index (χ0) is 12.1. The lowest BCUT2D eigenvalue weighted by atomic mass is 10.3. The van der Waals surface area contributed by atoms with E-state index in [0.717, 1.165) is 16.3 Å². The van der Waals surface area contributed by atoms with Crippen molar-refractivity contribution in [3.63, 3.8) is 0 Å². The van der Waals surface area contributed by atoms with Gasteiger partial charge in [0.2, 0.25) is 5.91 Å². The summed E-state index contributed by atoms with van der Waals surface area (Å²) >= 11 is 3.30. The molecule has 1 N–H and O–H groups in total. The fraction of sp³-hybridized carbons (Fsp3) is 0.333. The van der Waals surface area contributed by atoms with Crippen LogP contribution in [0.15, 0.2) is 24.3 Å². The summed E-state index contributed by atoms with van der Waals surface area (Å²) in [4.78, 5) is 15.8. The first-order valence-electron chi connectivity index (χ1n) is 5.48. The van der Waals surface area contributed by atoms with E-state index in [1.807, 2.05) is 25.1 Å². The Labute approximate surface area is 109 Å². The fourth-order valence-electron chi connectivity index (χ4n) is 1.46. The van der Waals surface area contributed by atoms with Crippen molar-refractivity contribution in [1.29, 1.82) is 0 Å². The number of amides is 1. The van der Waals surface area contributed by atoms with E-state index in [1.54, 1.807) is 23.1 Å². The van der Waals surface area contributed by atoms with Crippen LogP contribution in [0.4, 0.5) is 0 Å². The molecule has 2 rings (SSSR count). The van der Waals surface area contributed by atoms with Gasteiger partial charge in [0.25, 0.3) is 0 Å². The van der Waals surface area contributed by atoms with Crippen LogP contribution in [0.5, 0.6) is 0 Å². The van der Waals surface area contributed by atoms with Gasteiger partial charge in [0.05, 0.1) is 16.0 Å². The molecule has 90 valence electrons. The highest BCUT2D eigenvalue weighted by Crippen LogP contribution is 2.24. The van der Waals surface area contributed by atoms with Crippen molar-refractivity contribution in [2.45, 2.75) is 12.7 Å². The zero-order valence-electron chi connectivity index (χ0n) is 9.60. The van der Waals surface area contributed by atoms with Gasteiger partial charge in [-0.3, -0.25) is 4.79 Å². The van der Waals surface area contributed by atoms with Gasteiger partial charge >= 0.3 is 0 Å². The van der Waals surface area contributed by atoms with Gasteiger partial charge in [-0.15, -0.1) is 23.1 Å². The molecule has 0 saturated heterocycles. The molecule has 5 heteroatoms. The normalized spacial score (nSPS) is 10.6. The first-order valence-corrected chi connectivity index (χ1v) is 7.45. The van der Waals surface area contributed by atoms with Crippen molar-refractivity contribution >= 4 is 39.2 Å². The van der Waals surface area contributed by atoms with E-state index in [2.05, 4.69) is 16.4 Å². The lowest BCUT2D eigenvalue weighted by molar-refractivity contribution is -0.118. The molecule has 1 amide bonds. The molecule has 3 nitrogen and oxygen atoms in total. The number of nitrogens with zero attached hydrogens (tertiary/aromatic N) is 1. The Bertz CT molecular complexity index is 477. The second kappa shape index (κ2) is 6.02. The maximum Gasteiger partial charge on any atom is 0.229 e. The Morgan fingerprint density at radius 3 is 3.06 bits per heavy atom. The Morgan fingerprint density at radius 2 is 2.29 bits per heavy atom. The van der Waals surface area contributed by atoms with Crippen LogP contribution in [0.1, 0.15) is 11.9 Å². The fourth-order valence-corrected chi connectivity index (χ4v) is 3.34. The number of aromatic nitrogens is 1. The molecule has 0 aliphatic carbocycles. The molecule has 0 fully saturated rings. The number of carbonyl (C=O) groups is 1. The largest absolute Gasteiger partial charge is 0.356 e. The smallest absolute Gasteiger partial charge is 0.229 e. The summed E-state index contributed by atoms with van der Waals surface area (Å²) in [7, 11) is 0. The summed E-state index contributed by atoms with van der Waals surface area (Å²) in [6.45, 7) is 2.62. The molecule has 0 saturated carbocycles. The molecule has 0 unspecified atom stereocenters. The number of thioether (sulfide) groups is 1. The van der Waals surface area contributed by atoms with Crippen molar-refractivity contribution in [1.82, 2.24) is 10.3 Å². The Balaban J connectivity index is 1.89. The quantitative estimate of drug-likeness (QED) is 0.904. The van der Waals surface area contributed by atoms with Crippen LogP contribution >= 0.6 is 23.1 Å². The minimum atomic E-state index is 0.0959. The first kappa shape index (κ1) is 12.4. The SMILES string of the molecule is CCNC(=O)CSCc1nc2ccccc2s1. The van der Waals surface area contributed by atoms with E-state index in [9.17, 15) is 4.79 Å². The van der Waals surface area contributed by atoms with Gasteiger partial charge in [0.15, 0.2) is 0 Å². The standard InChI is InChI=1S/C12H14N2OS2/c1-2-13-11(15)7-16-8-12-14-9-5-3-4-6-10(9)17-12/h3-6H,2,7-8H2,1H3,(H,13,15). The molecule has 1 aromatic carbocycles. The average molecular weight is 266 g/mol. The summed E-state index contributed by atoms with van der Waals surface area (Å²) in [5.41, 5.74) is 1.05. The number of para-hydroxylation sites is 1. The Morgan fingerprint density at radius 1 is 1.47 bits per heavy atom. The molecular formula is C12H14N2OS2. The van der Waals surface area contributed by atoms with Crippen molar-refractivity contribution in [2.75, 3.05) is 12.3 Å². The van der Waals surface area contributed by atoms with Crippen LogP contribution in [-0.2, 0) is 10.5 Å². The number of fused-ring (bicyclic) bond motifs is 1. The molecule has 2 aromatic rings. The van der Waals surface area contributed by atoms with E-state index >= 15 is 0 Å². The molecule has 0 spiro atoms. The molecule has 0 atom stereocenters. The van der Waals surface area contributed by atoms with Gasteiger partial charge in [-0.2, -0.15) is 0 Å². The third kappa shape index (κ3) is 3.44. The third-order valence-electron chi connectivity index (χ3n) is 2.17. The topological polar surface area (TPSA) is 42.0 Å². The van der Waals surface area contributed by atoms with Crippen LogP contribution in [0.2, 0.25) is 0 Å². The number of hydrogen-bond acceptors (Lipinski definition) is 4. The highest BCUT2D eigenvalue weighted by atomic mass is 32.2. The van der Waals surface area contributed by atoms with Gasteiger partial charge in [-0.25, -0.2) is 4.98 Å². The zero-order valence-corrected chi connectivity index (χ0v) is 11.2. The molecule has 0 radical (unpaired) electrons.